The summed E-state index contributed by atoms with van der Waals surface area (Å²) in [7, 11) is 0. The van der Waals surface area contributed by atoms with E-state index in [1.165, 1.54) is 11.8 Å². The van der Waals surface area contributed by atoms with Crippen LogP contribution in [-0.2, 0) is 0 Å². The van der Waals surface area contributed by atoms with Gasteiger partial charge in [0.1, 0.15) is 5.03 Å². The molecule has 1 atom stereocenters. The average Bonchev–Trinajstić information content (AvgIpc) is 2.52. The van der Waals surface area contributed by atoms with Crippen molar-refractivity contribution in [3.63, 3.8) is 0 Å². The van der Waals surface area contributed by atoms with Crippen molar-refractivity contribution < 1.29 is 10.2 Å². The molecule has 0 aromatic carbocycles. The van der Waals surface area contributed by atoms with Crippen LogP contribution in [-0.4, -0.2) is 44.1 Å². The van der Waals surface area contributed by atoms with E-state index in [2.05, 4.69) is 15.4 Å². The molecule has 1 aromatic heterocycles. The largest absolute Gasteiger partial charge is 0.394 e. The van der Waals surface area contributed by atoms with Gasteiger partial charge in [0.25, 0.3) is 0 Å². The molecule has 0 fully saturated rings. The number of rotatable bonds is 4. The van der Waals surface area contributed by atoms with Crippen molar-refractivity contribution in [3.8, 4) is 0 Å². The Bertz CT molecular complexity index is 192. The van der Waals surface area contributed by atoms with Gasteiger partial charge in [-0.25, -0.2) is 0 Å². The molecule has 1 rings (SSSR count). The Morgan fingerprint density at radius 1 is 1.73 bits per heavy atom. The Balaban J connectivity index is 2.23. The van der Waals surface area contributed by atoms with Crippen LogP contribution in [0.3, 0.4) is 0 Å². The molecule has 0 radical (unpaired) electrons. The highest BCUT2D eigenvalue weighted by molar-refractivity contribution is 7.99. The van der Waals surface area contributed by atoms with Crippen LogP contribution in [0.15, 0.2) is 11.2 Å². The highest BCUT2D eigenvalue weighted by Gasteiger charge is 2.03. The predicted octanol–water partition coefficient (Wildman–Crippen LogP) is -0.750. The summed E-state index contributed by atoms with van der Waals surface area (Å²) in [5.74, 6) is 0.434. The number of hydrogen-bond acceptors (Lipinski definition) is 5. The third kappa shape index (κ3) is 2.87. The van der Waals surface area contributed by atoms with Crippen molar-refractivity contribution in [2.75, 3.05) is 12.4 Å². The fraction of sp³-hybridized carbons (Fsp3) is 0.600. The maximum atomic E-state index is 8.93. The Labute approximate surface area is 67.8 Å². The second-order valence-corrected chi connectivity index (χ2v) is 3.00. The Hall–Kier alpha value is -0.590. The lowest BCUT2D eigenvalue weighted by Gasteiger charge is -2.02. The molecule has 0 aliphatic carbocycles. The minimum atomic E-state index is -0.684. The smallest absolute Gasteiger partial charge is 0.138 e. The van der Waals surface area contributed by atoms with Crippen molar-refractivity contribution >= 4 is 11.8 Å². The van der Waals surface area contributed by atoms with Crippen molar-refractivity contribution in [1.29, 1.82) is 0 Å². The number of nitrogens with zero attached hydrogens (tertiary/aromatic N) is 2. The summed E-state index contributed by atoms with van der Waals surface area (Å²) in [6.07, 6.45) is 0.881. The quantitative estimate of drug-likeness (QED) is 0.524. The van der Waals surface area contributed by atoms with Gasteiger partial charge < -0.3 is 10.2 Å². The molecule has 0 aliphatic rings. The topological polar surface area (TPSA) is 82.0 Å². The molecule has 0 spiro atoms. The zero-order chi connectivity index (χ0) is 8.10. The van der Waals surface area contributed by atoms with E-state index in [0.29, 0.717) is 5.75 Å². The van der Waals surface area contributed by atoms with Gasteiger partial charge in [0.05, 0.1) is 18.9 Å². The first-order chi connectivity index (χ1) is 5.33. The third-order valence-electron chi connectivity index (χ3n) is 1.03. The Kier molecular flexibility index (Phi) is 3.34. The molecule has 0 bridgehead atoms. The molecule has 1 aromatic rings. The van der Waals surface area contributed by atoms with Crippen molar-refractivity contribution in [2.24, 2.45) is 0 Å². The molecule has 5 nitrogen and oxygen atoms in total. The van der Waals surface area contributed by atoms with Crippen LogP contribution in [0.5, 0.6) is 0 Å². The fourth-order valence-electron chi connectivity index (χ4n) is 0.495. The molecule has 0 saturated carbocycles. The Morgan fingerprint density at radius 2 is 2.55 bits per heavy atom. The molecule has 0 saturated heterocycles. The summed E-state index contributed by atoms with van der Waals surface area (Å²) in [5, 5.41) is 27.9. The fourth-order valence-corrected chi connectivity index (χ4v) is 1.20. The molecule has 6 heteroatoms. The van der Waals surface area contributed by atoms with Gasteiger partial charge in [0, 0.05) is 5.75 Å². The number of thioether (sulfide) groups is 1. The van der Waals surface area contributed by atoms with E-state index in [-0.39, 0.29) is 6.61 Å². The van der Waals surface area contributed by atoms with E-state index in [0.717, 1.165) is 5.03 Å². The molecular formula is C5H9N3O2S. The first-order valence-electron chi connectivity index (χ1n) is 3.10. The van der Waals surface area contributed by atoms with Gasteiger partial charge in [-0.15, -0.1) is 16.9 Å². The summed E-state index contributed by atoms with van der Waals surface area (Å²) in [4.78, 5) is 0. The van der Waals surface area contributed by atoms with Gasteiger partial charge >= 0.3 is 0 Å². The van der Waals surface area contributed by atoms with Crippen molar-refractivity contribution in [3.05, 3.63) is 6.20 Å². The maximum Gasteiger partial charge on any atom is 0.138 e. The second kappa shape index (κ2) is 4.32. The van der Waals surface area contributed by atoms with E-state index in [1.54, 1.807) is 6.20 Å². The number of aliphatic hydroxyl groups is 2. The Morgan fingerprint density at radius 3 is 3.09 bits per heavy atom. The lowest BCUT2D eigenvalue weighted by molar-refractivity contribution is 0.113. The zero-order valence-electron chi connectivity index (χ0n) is 5.77. The standard InChI is InChI=1S/C5H9N3O2S/c9-2-4(10)3-11-5-1-6-8-7-5/h1,4,9-10H,2-3H2,(H,6,7,8). The molecule has 0 aliphatic heterocycles. The van der Waals surface area contributed by atoms with E-state index in [4.69, 9.17) is 10.2 Å². The van der Waals surface area contributed by atoms with E-state index >= 15 is 0 Å². The predicted molar refractivity (Wildman–Crippen MR) is 40.2 cm³/mol. The van der Waals surface area contributed by atoms with Gasteiger partial charge in [-0.05, 0) is 0 Å². The molecule has 62 valence electrons. The average molecular weight is 175 g/mol. The lowest BCUT2D eigenvalue weighted by Crippen LogP contribution is -2.14. The van der Waals surface area contributed by atoms with Crippen molar-refractivity contribution in [1.82, 2.24) is 15.4 Å². The summed E-state index contributed by atoms with van der Waals surface area (Å²) < 4.78 is 0. The monoisotopic (exact) mass is 175 g/mol. The van der Waals surface area contributed by atoms with Crippen LogP contribution in [0, 0.1) is 0 Å². The summed E-state index contributed by atoms with van der Waals surface area (Å²) in [5.41, 5.74) is 0. The van der Waals surface area contributed by atoms with Crippen LogP contribution in [0.25, 0.3) is 0 Å². The summed E-state index contributed by atoms with van der Waals surface area (Å²) in [6.45, 7) is -0.217. The number of aromatic amines is 1. The first-order valence-corrected chi connectivity index (χ1v) is 4.09. The van der Waals surface area contributed by atoms with Crippen LogP contribution < -0.4 is 0 Å². The molecule has 3 N–H and O–H groups in total. The van der Waals surface area contributed by atoms with Crippen LogP contribution in [0.2, 0.25) is 0 Å². The lowest BCUT2D eigenvalue weighted by atomic mass is 10.4. The minimum Gasteiger partial charge on any atom is -0.394 e. The number of aliphatic hydroxyl groups excluding tert-OH is 2. The minimum absolute atomic E-state index is 0.217. The second-order valence-electron chi connectivity index (χ2n) is 1.96. The highest BCUT2D eigenvalue weighted by Crippen LogP contribution is 2.13. The summed E-state index contributed by atoms with van der Waals surface area (Å²) >= 11 is 1.34. The highest BCUT2D eigenvalue weighted by atomic mass is 32.2. The summed E-state index contributed by atoms with van der Waals surface area (Å²) in [6, 6.07) is 0. The van der Waals surface area contributed by atoms with Gasteiger partial charge in [-0.2, -0.15) is 10.3 Å². The van der Waals surface area contributed by atoms with Crippen LogP contribution in [0.4, 0.5) is 0 Å². The normalized spacial score (nSPS) is 13.3. The molecule has 1 heterocycles. The van der Waals surface area contributed by atoms with Gasteiger partial charge in [0.15, 0.2) is 0 Å². The zero-order valence-corrected chi connectivity index (χ0v) is 6.58. The molecular weight excluding hydrogens is 166 g/mol. The molecule has 1 unspecified atom stereocenters. The van der Waals surface area contributed by atoms with Crippen molar-refractivity contribution in [2.45, 2.75) is 11.1 Å². The number of aromatic nitrogens is 3. The van der Waals surface area contributed by atoms with Crippen LogP contribution >= 0.6 is 11.8 Å². The van der Waals surface area contributed by atoms with E-state index < -0.39 is 6.10 Å². The van der Waals surface area contributed by atoms with Gasteiger partial charge in [0.2, 0.25) is 0 Å². The number of nitrogens with one attached hydrogen (secondary N) is 1. The van der Waals surface area contributed by atoms with Gasteiger partial charge in [-0.3, -0.25) is 0 Å². The van der Waals surface area contributed by atoms with Gasteiger partial charge in [-0.1, -0.05) is 0 Å². The first kappa shape index (κ1) is 8.51. The van der Waals surface area contributed by atoms with E-state index in [9.17, 15) is 0 Å². The maximum absolute atomic E-state index is 8.93. The molecule has 0 amide bonds. The number of hydrogen-bond donors (Lipinski definition) is 3. The SMILES string of the molecule is OCC(O)CSc1cn[nH]n1. The molecule has 11 heavy (non-hydrogen) atoms. The van der Waals surface area contributed by atoms with E-state index in [1.807, 2.05) is 0 Å². The number of H-pyrrole nitrogens is 1. The van der Waals surface area contributed by atoms with Crippen LogP contribution in [0.1, 0.15) is 0 Å². The third-order valence-corrected chi connectivity index (χ3v) is 2.07.